The van der Waals surface area contributed by atoms with Crippen LogP contribution in [0.15, 0.2) is 11.6 Å². The summed E-state index contributed by atoms with van der Waals surface area (Å²) < 4.78 is 0. The molecular weight excluding hydrogens is 136 g/mol. The van der Waals surface area contributed by atoms with E-state index in [1.165, 1.54) is 5.57 Å². The molecule has 2 nitrogen and oxygen atoms in total. The van der Waals surface area contributed by atoms with E-state index in [0.717, 1.165) is 32.7 Å². The summed E-state index contributed by atoms with van der Waals surface area (Å²) in [6.07, 6.45) is 2.19. The van der Waals surface area contributed by atoms with Crippen LogP contribution in [0.25, 0.3) is 0 Å². The Morgan fingerprint density at radius 3 is 2.64 bits per heavy atom. The largest absolute Gasteiger partial charge is 0.297 e. The van der Waals surface area contributed by atoms with Crippen LogP contribution in [0.3, 0.4) is 0 Å². The lowest BCUT2D eigenvalue weighted by Gasteiger charge is -2.26. The number of piperazine rings is 1. The van der Waals surface area contributed by atoms with Crippen molar-refractivity contribution in [2.24, 2.45) is 0 Å². The maximum atomic E-state index is 4.30. The second-order valence-corrected chi connectivity index (χ2v) is 3.08. The molecule has 1 saturated heterocycles. The molecule has 0 unspecified atom stereocenters. The van der Waals surface area contributed by atoms with E-state index >= 15 is 0 Å². The van der Waals surface area contributed by atoms with E-state index in [2.05, 4.69) is 30.1 Å². The van der Waals surface area contributed by atoms with E-state index in [9.17, 15) is 0 Å². The average Bonchev–Trinajstić information content (AvgIpc) is 2.06. The first kappa shape index (κ1) is 8.75. The van der Waals surface area contributed by atoms with Crippen LogP contribution in [0.5, 0.6) is 0 Å². The normalized spacial score (nSPS) is 22.2. The highest BCUT2D eigenvalue weighted by atomic mass is 15.2. The molecule has 1 fully saturated rings. The van der Waals surface area contributed by atoms with E-state index < -0.39 is 0 Å². The minimum absolute atomic E-state index is 1.02. The van der Waals surface area contributed by atoms with Crippen LogP contribution < -0.4 is 5.32 Å². The molecule has 0 spiro atoms. The lowest BCUT2D eigenvalue weighted by Crippen LogP contribution is -2.40. The summed E-state index contributed by atoms with van der Waals surface area (Å²) in [7, 11) is 0. The van der Waals surface area contributed by atoms with Crippen molar-refractivity contribution in [2.75, 3.05) is 32.7 Å². The second-order valence-electron chi connectivity index (χ2n) is 3.08. The minimum Gasteiger partial charge on any atom is -0.297 e. The molecule has 0 atom stereocenters. The van der Waals surface area contributed by atoms with Crippen molar-refractivity contribution in [1.82, 2.24) is 10.2 Å². The van der Waals surface area contributed by atoms with Crippen LogP contribution in [-0.4, -0.2) is 37.6 Å². The molecule has 2 heteroatoms. The predicted molar refractivity (Wildman–Crippen MR) is 47.7 cm³/mol. The lowest BCUT2D eigenvalue weighted by atomic mass is 10.2. The van der Waals surface area contributed by atoms with Gasteiger partial charge >= 0.3 is 0 Å². The van der Waals surface area contributed by atoms with Crippen molar-refractivity contribution in [3.63, 3.8) is 0 Å². The molecule has 0 aromatic heterocycles. The molecule has 1 aliphatic heterocycles. The number of nitrogens with zero attached hydrogens (tertiary/aromatic N) is 2. The molecule has 0 aromatic carbocycles. The van der Waals surface area contributed by atoms with E-state index in [0.29, 0.717) is 0 Å². The molecule has 0 aliphatic carbocycles. The van der Waals surface area contributed by atoms with Crippen LogP contribution in [0.1, 0.15) is 13.8 Å². The molecule has 63 valence electrons. The predicted octanol–water partition coefficient (Wildman–Crippen LogP) is 0.873. The molecule has 0 bridgehead atoms. The summed E-state index contributed by atoms with van der Waals surface area (Å²) in [6, 6.07) is 0. The Balaban J connectivity index is 2.24. The summed E-state index contributed by atoms with van der Waals surface area (Å²) in [6.45, 7) is 9.76. The van der Waals surface area contributed by atoms with Crippen LogP contribution in [0, 0.1) is 0 Å². The van der Waals surface area contributed by atoms with Gasteiger partial charge in [0, 0.05) is 32.7 Å². The van der Waals surface area contributed by atoms with Gasteiger partial charge in [-0.05, 0) is 13.8 Å². The monoisotopic (exact) mass is 153 g/mol. The molecule has 0 N–H and O–H groups in total. The summed E-state index contributed by atoms with van der Waals surface area (Å²) in [5.41, 5.74) is 1.46. The molecule has 1 radical (unpaired) electrons. The van der Waals surface area contributed by atoms with Crippen LogP contribution >= 0.6 is 0 Å². The molecule has 11 heavy (non-hydrogen) atoms. The first-order chi connectivity index (χ1) is 5.33. The fourth-order valence-electron chi connectivity index (χ4n) is 1.25. The Hall–Kier alpha value is -0.340. The van der Waals surface area contributed by atoms with E-state index in [-0.39, 0.29) is 0 Å². The van der Waals surface area contributed by atoms with Gasteiger partial charge in [-0.2, -0.15) is 0 Å². The Kier molecular flexibility index (Phi) is 3.60. The molecule has 0 saturated carbocycles. The Labute approximate surface area is 69.3 Å². The minimum atomic E-state index is 1.02. The highest BCUT2D eigenvalue weighted by Gasteiger charge is 2.09. The van der Waals surface area contributed by atoms with Crippen molar-refractivity contribution < 1.29 is 0 Å². The number of allylic oxidation sites excluding steroid dienone is 1. The number of rotatable bonds is 2. The van der Waals surface area contributed by atoms with Gasteiger partial charge in [0.2, 0.25) is 0 Å². The third-order valence-electron chi connectivity index (χ3n) is 2.11. The fourth-order valence-corrected chi connectivity index (χ4v) is 1.25. The quantitative estimate of drug-likeness (QED) is 0.538. The molecule has 0 aromatic rings. The second kappa shape index (κ2) is 4.52. The highest BCUT2D eigenvalue weighted by Crippen LogP contribution is 1.99. The highest BCUT2D eigenvalue weighted by molar-refractivity contribution is 4.98. The van der Waals surface area contributed by atoms with E-state index in [1.807, 2.05) is 0 Å². The molecule has 1 rings (SSSR count). The van der Waals surface area contributed by atoms with Gasteiger partial charge in [0.05, 0.1) is 0 Å². The van der Waals surface area contributed by atoms with Gasteiger partial charge in [0.25, 0.3) is 0 Å². The zero-order chi connectivity index (χ0) is 8.10. The third-order valence-corrected chi connectivity index (χ3v) is 2.11. The Bertz CT molecular complexity index is 134. The van der Waals surface area contributed by atoms with Crippen LogP contribution in [0.2, 0.25) is 0 Å². The molecule has 0 amide bonds. The topological polar surface area (TPSA) is 17.3 Å². The van der Waals surface area contributed by atoms with E-state index in [4.69, 9.17) is 0 Å². The first-order valence-corrected chi connectivity index (χ1v) is 4.30. The maximum Gasteiger partial charge on any atom is 0.0261 e. The summed E-state index contributed by atoms with van der Waals surface area (Å²) in [5, 5.41) is 4.30. The molecule has 1 aliphatic rings. The molecular formula is C9H17N2. The fraction of sp³-hybridized carbons (Fsp3) is 0.778. The first-order valence-electron chi connectivity index (χ1n) is 4.30. The van der Waals surface area contributed by atoms with Gasteiger partial charge in [-0.25, -0.2) is 5.32 Å². The summed E-state index contributed by atoms with van der Waals surface area (Å²) >= 11 is 0. The van der Waals surface area contributed by atoms with Gasteiger partial charge < -0.3 is 0 Å². The van der Waals surface area contributed by atoms with Crippen molar-refractivity contribution in [1.29, 1.82) is 0 Å². The lowest BCUT2D eigenvalue weighted by molar-refractivity contribution is 0.257. The average molecular weight is 153 g/mol. The standard InChI is InChI=1S/C9H17N2/c1-3-9(2)8-11-6-4-10-5-7-11/h3H,4-8H2,1-2H3. The van der Waals surface area contributed by atoms with Gasteiger partial charge in [-0.1, -0.05) is 11.6 Å². The Morgan fingerprint density at radius 1 is 1.45 bits per heavy atom. The van der Waals surface area contributed by atoms with Crippen molar-refractivity contribution >= 4 is 0 Å². The van der Waals surface area contributed by atoms with Gasteiger partial charge in [-0.3, -0.25) is 4.90 Å². The van der Waals surface area contributed by atoms with Crippen molar-refractivity contribution in [2.45, 2.75) is 13.8 Å². The summed E-state index contributed by atoms with van der Waals surface area (Å²) in [4.78, 5) is 2.46. The number of hydrogen-bond donors (Lipinski definition) is 0. The maximum absolute atomic E-state index is 4.30. The zero-order valence-electron chi connectivity index (χ0n) is 7.51. The summed E-state index contributed by atoms with van der Waals surface area (Å²) in [5.74, 6) is 0. The van der Waals surface area contributed by atoms with Crippen molar-refractivity contribution in [3.8, 4) is 0 Å². The third kappa shape index (κ3) is 3.04. The SMILES string of the molecule is CC=C(C)CN1CC[N]CC1. The van der Waals surface area contributed by atoms with E-state index in [1.54, 1.807) is 0 Å². The number of hydrogen-bond acceptors (Lipinski definition) is 1. The smallest absolute Gasteiger partial charge is 0.0261 e. The Morgan fingerprint density at radius 2 is 2.09 bits per heavy atom. The van der Waals surface area contributed by atoms with Crippen LogP contribution in [0.4, 0.5) is 0 Å². The van der Waals surface area contributed by atoms with Crippen molar-refractivity contribution in [3.05, 3.63) is 11.6 Å². The van der Waals surface area contributed by atoms with Gasteiger partial charge in [0.15, 0.2) is 0 Å². The van der Waals surface area contributed by atoms with Gasteiger partial charge in [-0.15, -0.1) is 0 Å². The van der Waals surface area contributed by atoms with Crippen LogP contribution in [-0.2, 0) is 0 Å². The van der Waals surface area contributed by atoms with Gasteiger partial charge in [0.1, 0.15) is 0 Å². The zero-order valence-corrected chi connectivity index (χ0v) is 7.51. The molecule has 1 heterocycles.